The molecule has 2 aliphatic rings. The van der Waals surface area contributed by atoms with E-state index in [-0.39, 0.29) is 0 Å². The number of hydrogen-bond donors (Lipinski definition) is 0. The zero-order chi connectivity index (χ0) is 11.1. The van der Waals surface area contributed by atoms with Crippen LogP contribution in [0.5, 0.6) is 0 Å². The Kier molecular flexibility index (Phi) is 2.79. The largest absolute Gasteiger partial charge is 0.0848 e. The molecule has 2 rings (SSSR count). The highest BCUT2D eigenvalue weighted by Gasteiger charge is 2.41. The first-order valence-electron chi connectivity index (χ1n) is 6.41. The van der Waals surface area contributed by atoms with E-state index in [2.05, 4.69) is 52.0 Å². The van der Waals surface area contributed by atoms with Crippen molar-refractivity contribution in [3.8, 4) is 0 Å². The van der Waals surface area contributed by atoms with E-state index in [1.165, 1.54) is 12.8 Å². The Balaban J connectivity index is 2.25. The Morgan fingerprint density at radius 1 is 1.13 bits per heavy atom. The van der Waals surface area contributed by atoms with Crippen LogP contribution in [0.15, 0.2) is 24.3 Å². The Bertz CT molecular complexity index is 284. The molecule has 0 aromatic carbocycles. The minimum Gasteiger partial charge on any atom is -0.0848 e. The van der Waals surface area contributed by atoms with Gasteiger partial charge in [0, 0.05) is 5.41 Å². The van der Waals surface area contributed by atoms with E-state index in [4.69, 9.17) is 0 Å². The first kappa shape index (κ1) is 11.0. The summed E-state index contributed by atoms with van der Waals surface area (Å²) in [6.45, 7) is 9.47. The molecule has 0 aliphatic heterocycles. The zero-order valence-corrected chi connectivity index (χ0v) is 10.5. The van der Waals surface area contributed by atoms with Gasteiger partial charge in [0.25, 0.3) is 0 Å². The van der Waals surface area contributed by atoms with Crippen molar-refractivity contribution in [2.75, 3.05) is 0 Å². The van der Waals surface area contributed by atoms with Gasteiger partial charge in [-0.3, -0.25) is 0 Å². The predicted octanol–water partition coefficient (Wildman–Crippen LogP) is 4.44. The second-order valence-corrected chi connectivity index (χ2v) is 6.07. The Morgan fingerprint density at radius 2 is 1.80 bits per heavy atom. The first-order valence-corrected chi connectivity index (χ1v) is 6.41. The molecule has 4 atom stereocenters. The van der Waals surface area contributed by atoms with Crippen molar-refractivity contribution in [3.63, 3.8) is 0 Å². The molecule has 0 heterocycles. The van der Waals surface area contributed by atoms with Crippen LogP contribution in [-0.4, -0.2) is 0 Å². The molecule has 0 saturated carbocycles. The summed E-state index contributed by atoms with van der Waals surface area (Å²) in [5.74, 6) is 3.20. The van der Waals surface area contributed by atoms with Gasteiger partial charge in [-0.1, -0.05) is 52.0 Å². The molecule has 15 heavy (non-hydrogen) atoms. The number of allylic oxidation sites excluding steroid dienone is 4. The van der Waals surface area contributed by atoms with Crippen LogP contribution in [-0.2, 0) is 0 Å². The maximum Gasteiger partial charge on any atom is 0.00668 e. The van der Waals surface area contributed by atoms with Gasteiger partial charge in [-0.2, -0.15) is 0 Å². The van der Waals surface area contributed by atoms with Gasteiger partial charge in [0.15, 0.2) is 0 Å². The van der Waals surface area contributed by atoms with Crippen LogP contribution in [0, 0.1) is 29.1 Å². The summed E-state index contributed by atoms with van der Waals surface area (Å²) < 4.78 is 0. The summed E-state index contributed by atoms with van der Waals surface area (Å²) in [5.41, 5.74) is 0.347. The monoisotopic (exact) mass is 204 g/mol. The third kappa shape index (κ3) is 1.91. The normalized spacial score (nSPS) is 44.5. The average molecular weight is 204 g/mol. The van der Waals surface area contributed by atoms with Crippen LogP contribution in [0.2, 0.25) is 0 Å². The van der Waals surface area contributed by atoms with Gasteiger partial charge in [0.2, 0.25) is 0 Å². The fourth-order valence-electron chi connectivity index (χ4n) is 3.27. The van der Waals surface area contributed by atoms with E-state index < -0.39 is 0 Å². The first-order chi connectivity index (χ1) is 7.03. The fraction of sp³-hybridized carbons (Fsp3) is 0.733. The molecular weight excluding hydrogens is 180 g/mol. The highest BCUT2D eigenvalue weighted by molar-refractivity contribution is 5.22. The summed E-state index contributed by atoms with van der Waals surface area (Å²) in [6, 6.07) is 0. The van der Waals surface area contributed by atoms with Gasteiger partial charge < -0.3 is 0 Å². The van der Waals surface area contributed by atoms with E-state index in [0.717, 1.165) is 23.7 Å². The molecule has 0 heteroatoms. The smallest absolute Gasteiger partial charge is 0.00668 e. The van der Waals surface area contributed by atoms with Gasteiger partial charge in [0.05, 0.1) is 0 Å². The lowest BCUT2D eigenvalue weighted by Crippen LogP contribution is -2.26. The van der Waals surface area contributed by atoms with Crippen LogP contribution in [0.3, 0.4) is 0 Å². The van der Waals surface area contributed by atoms with Gasteiger partial charge in [-0.25, -0.2) is 0 Å². The second-order valence-electron chi connectivity index (χ2n) is 6.07. The molecule has 0 nitrogen and oxygen atoms in total. The summed E-state index contributed by atoms with van der Waals surface area (Å²) in [6.07, 6.45) is 12.6. The minimum absolute atomic E-state index is 0.347. The molecule has 0 aromatic rings. The summed E-state index contributed by atoms with van der Waals surface area (Å²) >= 11 is 0. The molecule has 0 bridgehead atoms. The molecule has 0 fully saturated rings. The van der Waals surface area contributed by atoms with Crippen molar-refractivity contribution in [2.45, 2.75) is 40.5 Å². The SMILES string of the molecule is CC1C=C[C@@]2(C)C=C[C@H](C(C)C)C2CC1. The zero-order valence-electron chi connectivity index (χ0n) is 10.5. The van der Waals surface area contributed by atoms with Crippen molar-refractivity contribution in [3.05, 3.63) is 24.3 Å². The predicted molar refractivity (Wildman–Crippen MR) is 66.6 cm³/mol. The molecule has 2 unspecified atom stereocenters. The molecule has 0 amide bonds. The third-order valence-electron chi connectivity index (χ3n) is 4.43. The van der Waals surface area contributed by atoms with Crippen LogP contribution in [0.4, 0.5) is 0 Å². The van der Waals surface area contributed by atoms with Crippen LogP contribution in [0.1, 0.15) is 40.5 Å². The number of fused-ring (bicyclic) bond motifs is 1. The lowest BCUT2D eigenvalue weighted by atomic mass is 9.72. The summed E-state index contributed by atoms with van der Waals surface area (Å²) in [7, 11) is 0. The standard InChI is InChI=1S/C15H24/c1-11(2)13-8-10-15(4)9-7-12(3)5-6-14(13)15/h7-14H,5-6H2,1-4H3/t12?,13-,14?,15+/m1/s1. The van der Waals surface area contributed by atoms with Gasteiger partial charge in [-0.15, -0.1) is 0 Å². The van der Waals surface area contributed by atoms with Gasteiger partial charge in [-0.05, 0) is 36.5 Å². The van der Waals surface area contributed by atoms with Crippen molar-refractivity contribution in [2.24, 2.45) is 29.1 Å². The maximum atomic E-state index is 2.47. The Morgan fingerprint density at radius 3 is 2.47 bits per heavy atom. The molecule has 0 spiro atoms. The fourth-order valence-corrected chi connectivity index (χ4v) is 3.27. The molecule has 84 valence electrons. The lowest BCUT2D eigenvalue weighted by Gasteiger charge is -2.32. The molecule has 0 N–H and O–H groups in total. The topological polar surface area (TPSA) is 0 Å². The lowest BCUT2D eigenvalue weighted by molar-refractivity contribution is 0.217. The van der Waals surface area contributed by atoms with Gasteiger partial charge >= 0.3 is 0 Å². The molecule has 2 aliphatic carbocycles. The Labute approximate surface area is 94.5 Å². The van der Waals surface area contributed by atoms with E-state index in [1.54, 1.807) is 0 Å². The third-order valence-corrected chi connectivity index (χ3v) is 4.43. The molecule has 0 saturated heterocycles. The molecular formula is C15H24. The van der Waals surface area contributed by atoms with Crippen molar-refractivity contribution < 1.29 is 0 Å². The molecule has 0 aromatic heterocycles. The maximum absolute atomic E-state index is 2.47. The van der Waals surface area contributed by atoms with E-state index in [1.807, 2.05) is 0 Å². The Hall–Kier alpha value is -0.520. The van der Waals surface area contributed by atoms with Gasteiger partial charge in [0.1, 0.15) is 0 Å². The highest BCUT2D eigenvalue weighted by Crippen LogP contribution is 2.49. The van der Waals surface area contributed by atoms with Crippen LogP contribution >= 0.6 is 0 Å². The van der Waals surface area contributed by atoms with E-state index in [0.29, 0.717) is 5.41 Å². The number of hydrogen-bond acceptors (Lipinski definition) is 0. The second kappa shape index (κ2) is 3.81. The van der Waals surface area contributed by atoms with E-state index >= 15 is 0 Å². The van der Waals surface area contributed by atoms with Crippen molar-refractivity contribution >= 4 is 0 Å². The summed E-state index contributed by atoms with van der Waals surface area (Å²) in [5, 5.41) is 0. The average Bonchev–Trinajstić information content (AvgIpc) is 2.43. The molecule has 0 radical (unpaired) electrons. The van der Waals surface area contributed by atoms with Crippen LogP contribution < -0.4 is 0 Å². The highest BCUT2D eigenvalue weighted by atomic mass is 14.4. The quantitative estimate of drug-likeness (QED) is 0.554. The van der Waals surface area contributed by atoms with Crippen molar-refractivity contribution in [1.29, 1.82) is 0 Å². The number of rotatable bonds is 1. The minimum atomic E-state index is 0.347. The summed E-state index contributed by atoms with van der Waals surface area (Å²) in [4.78, 5) is 0. The van der Waals surface area contributed by atoms with E-state index in [9.17, 15) is 0 Å². The van der Waals surface area contributed by atoms with Crippen LogP contribution in [0.25, 0.3) is 0 Å². The van der Waals surface area contributed by atoms with Crippen molar-refractivity contribution in [1.82, 2.24) is 0 Å².